The topological polar surface area (TPSA) is 58.2 Å². The maximum Gasteiger partial charge on any atom is 0.275 e. The molecule has 0 aromatic carbocycles. The van der Waals surface area contributed by atoms with Gasteiger partial charge in [-0.25, -0.2) is 0 Å². The summed E-state index contributed by atoms with van der Waals surface area (Å²) in [7, 11) is 8.59. The Morgan fingerprint density at radius 3 is 1.05 bits per heavy atom. The summed E-state index contributed by atoms with van der Waals surface area (Å²) in [5.41, 5.74) is 0. The summed E-state index contributed by atoms with van der Waals surface area (Å²) in [6.45, 7) is 9.16. The highest BCUT2D eigenvalue weighted by Gasteiger charge is 2.22. The number of nitrogens with zero attached hydrogens (tertiary/aromatic N) is 2. The van der Waals surface area contributed by atoms with Gasteiger partial charge >= 0.3 is 0 Å². The van der Waals surface area contributed by atoms with Crippen molar-refractivity contribution >= 4 is 11.8 Å². The maximum absolute atomic E-state index is 12.4. The average molecular weight is 541 g/mol. The number of quaternary nitrogens is 2. The normalized spacial score (nSPS) is 12.1. The van der Waals surface area contributed by atoms with Crippen LogP contribution >= 0.6 is 0 Å². The molecule has 0 unspecified atom stereocenters. The van der Waals surface area contributed by atoms with Crippen molar-refractivity contribution in [2.45, 2.75) is 129 Å². The molecule has 6 nitrogen and oxygen atoms in total. The van der Waals surface area contributed by atoms with Gasteiger partial charge in [-0.1, -0.05) is 104 Å². The molecule has 0 fully saturated rings. The molecule has 0 saturated carbocycles. The van der Waals surface area contributed by atoms with Crippen molar-refractivity contribution in [3.63, 3.8) is 0 Å². The molecule has 0 aliphatic rings. The van der Waals surface area contributed by atoms with Crippen molar-refractivity contribution < 1.29 is 18.6 Å². The van der Waals surface area contributed by atoms with E-state index in [1.54, 1.807) is 0 Å². The average Bonchev–Trinajstić information content (AvgIpc) is 2.84. The molecule has 0 aliphatic heterocycles. The highest BCUT2D eigenvalue weighted by atomic mass is 16.2. The number of nitrogens with one attached hydrogen (secondary N) is 2. The Labute approximate surface area is 237 Å². The van der Waals surface area contributed by atoms with Crippen molar-refractivity contribution in [1.29, 1.82) is 0 Å². The summed E-state index contributed by atoms with van der Waals surface area (Å²) in [6.07, 6.45) is 22.8. The molecule has 0 heterocycles. The van der Waals surface area contributed by atoms with Gasteiger partial charge < -0.3 is 19.6 Å². The summed E-state index contributed by atoms with van der Waals surface area (Å²) in [5.74, 6) is 0.337. The zero-order valence-corrected chi connectivity index (χ0v) is 26.7. The van der Waals surface area contributed by atoms with E-state index in [1.807, 2.05) is 0 Å². The van der Waals surface area contributed by atoms with Gasteiger partial charge in [-0.15, -0.1) is 0 Å². The predicted molar refractivity (Wildman–Crippen MR) is 164 cm³/mol. The number of carbonyl (C=O) groups is 2. The summed E-state index contributed by atoms with van der Waals surface area (Å²) in [4.78, 5) is 24.8. The van der Waals surface area contributed by atoms with E-state index >= 15 is 0 Å². The number of unbranched alkanes of at least 4 members (excludes halogenated alkanes) is 15. The maximum atomic E-state index is 12.4. The SMILES string of the molecule is CCCCCCCCCCNC(=O)C[N+](C)(C)CCCC[N+](C)(C)CC(=O)NCCCCCCCCCC. The molecule has 0 aromatic heterocycles. The number of hydrogen-bond donors (Lipinski definition) is 2. The van der Waals surface area contributed by atoms with Gasteiger partial charge in [0, 0.05) is 25.9 Å². The van der Waals surface area contributed by atoms with E-state index in [2.05, 4.69) is 52.7 Å². The van der Waals surface area contributed by atoms with Crippen LogP contribution in [0.25, 0.3) is 0 Å². The van der Waals surface area contributed by atoms with Crippen molar-refractivity contribution in [1.82, 2.24) is 10.6 Å². The van der Waals surface area contributed by atoms with Crippen LogP contribution in [0.4, 0.5) is 0 Å². The quantitative estimate of drug-likeness (QED) is 0.0931. The fourth-order valence-electron chi connectivity index (χ4n) is 5.10. The molecule has 226 valence electrons. The van der Waals surface area contributed by atoms with Gasteiger partial charge in [-0.3, -0.25) is 9.59 Å². The van der Waals surface area contributed by atoms with Crippen LogP contribution in [0, 0.1) is 0 Å². The molecular weight excluding hydrogens is 472 g/mol. The largest absolute Gasteiger partial charge is 0.351 e. The molecule has 0 atom stereocenters. The third kappa shape index (κ3) is 25.2. The van der Waals surface area contributed by atoms with E-state index < -0.39 is 0 Å². The van der Waals surface area contributed by atoms with Gasteiger partial charge in [-0.2, -0.15) is 0 Å². The van der Waals surface area contributed by atoms with Crippen molar-refractivity contribution in [3.05, 3.63) is 0 Å². The van der Waals surface area contributed by atoms with E-state index in [4.69, 9.17) is 0 Å². The Morgan fingerprint density at radius 1 is 0.447 bits per heavy atom. The van der Waals surface area contributed by atoms with Crippen LogP contribution in [0.5, 0.6) is 0 Å². The molecule has 6 heteroatoms. The van der Waals surface area contributed by atoms with E-state index in [0.717, 1.165) is 60.8 Å². The summed E-state index contributed by atoms with van der Waals surface area (Å²) in [5, 5.41) is 6.24. The van der Waals surface area contributed by atoms with E-state index in [-0.39, 0.29) is 11.8 Å². The first-order valence-electron chi connectivity index (χ1n) is 16.3. The molecule has 0 rings (SSSR count). The minimum Gasteiger partial charge on any atom is -0.351 e. The van der Waals surface area contributed by atoms with Gasteiger partial charge in [0.1, 0.15) is 0 Å². The number of likely N-dealkylation sites (N-methyl/N-ethyl adjacent to an activating group) is 2. The smallest absolute Gasteiger partial charge is 0.275 e. The highest BCUT2D eigenvalue weighted by molar-refractivity contribution is 5.77. The van der Waals surface area contributed by atoms with Gasteiger partial charge in [0.2, 0.25) is 0 Å². The molecule has 38 heavy (non-hydrogen) atoms. The van der Waals surface area contributed by atoms with E-state index in [9.17, 15) is 9.59 Å². The Bertz CT molecular complexity index is 528. The van der Waals surface area contributed by atoms with Crippen LogP contribution in [0.3, 0.4) is 0 Å². The predicted octanol–water partition coefficient (Wildman–Crippen LogP) is 6.43. The van der Waals surface area contributed by atoms with E-state index in [1.165, 1.54) is 89.9 Å². The Balaban J connectivity index is 3.84. The second-order valence-corrected chi connectivity index (χ2v) is 13.0. The number of rotatable bonds is 27. The molecule has 0 radical (unpaired) electrons. The zero-order valence-electron chi connectivity index (χ0n) is 26.7. The lowest BCUT2D eigenvalue weighted by Crippen LogP contribution is -2.49. The molecule has 0 saturated heterocycles. The van der Waals surface area contributed by atoms with Crippen LogP contribution in [-0.2, 0) is 9.59 Å². The second kappa shape index (κ2) is 23.7. The Kier molecular flexibility index (Phi) is 23.0. The van der Waals surface area contributed by atoms with Crippen LogP contribution in [0.1, 0.15) is 129 Å². The molecule has 0 aromatic rings. The molecule has 0 aliphatic carbocycles. The van der Waals surface area contributed by atoms with Gasteiger partial charge in [0.25, 0.3) is 11.8 Å². The summed E-state index contributed by atoms with van der Waals surface area (Å²) in [6, 6.07) is 0. The van der Waals surface area contributed by atoms with Crippen LogP contribution in [0.15, 0.2) is 0 Å². The van der Waals surface area contributed by atoms with E-state index in [0.29, 0.717) is 13.1 Å². The lowest BCUT2D eigenvalue weighted by Gasteiger charge is -2.31. The first-order chi connectivity index (χ1) is 18.1. The monoisotopic (exact) mass is 541 g/mol. The van der Waals surface area contributed by atoms with Crippen molar-refractivity contribution in [2.24, 2.45) is 0 Å². The molecule has 0 spiro atoms. The van der Waals surface area contributed by atoms with Crippen LogP contribution < -0.4 is 10.6 Å². The molecule has 2 amide bonds. The van der Waals surface area contributed by atoms with Crippen molar-refractivity contribution in [3.8, 4) is 0 Å². The fourth-order valence-corrected chi connectivity index (χ4v) is 5.10. The lowest BCUT2D eigenvalue weighted by molar-refractivity contribution is -0.889. The highest BCUT2D eigenvalue weighted by Crippen LogP contribution is 2.10. The molecule has 0 bridgehead atoms. The van der Waals surface area contributed by atoms with Gasteiger partial charge in [0.15, 0.2) is 13.1 Å². The summed E-state index contributed by atoms with van der Waals surface area (Å²) < 4.78 is 1.44. The first kappa shape index (κ1) is 36.9. The minimum absolute atomic E-state index is 0.169. The minimum atomic E-state index is 0.169. The standard InChI is InChI=1S/C32H66N4O2/c1-7-9-11-13-15-17-19-21-25-33-31(37)29-35(3,4)27-23-24-28-36(5,6)30-32(38)34-26-22-20-18-16-14-12-10-8-2/h7-30H2,1-6H3/p+2. The Hall–Kier alpha value is -1.14. The van der Waals surface area contributed by atoms with Crippen LogP contribution in [-0.4, -0.2) is 88.2 Å². The van der Waals surface area contributed by atoms with Gasteiger partial charge in [-0.05, 0) is 12.8 Å². The number of carbonyl (C=O) groups excluding carboxylic acids is 2. The lowest BCUT2D eigenvalue weighted by atomic mass is 10.1. The molecular formula is C32H68N4O2+2. The first-order valence-corrected chi connectivity index (χ1v) is 16.3. The number of amides is 2. The van der Waals surface area contributed by atoms with Crippen molar-refractivity contribution in [2.75, 3.05) is 67.5 Å². The van der Waals surface area contributed by atoms with Gasteiger partial charge in [0.05, 0.1) is 41.3 Å². The fraction of sp³-hybridized carbons (Fsp3) is 0.938. The Morgan fingerprint density at radius 2 is 0.737 bits per heavy atom. The second-order valence-electron chi connectivity index (χ2n) is 13.0. The number of hydrogen-bond acceptors (Lipinski definition) is 2. The zero-order chi connectivity index (χ0) is 28.5. The third-order valence-electron chi connectivity index (χ3n) is 7.63. The van der Waals surface area contributed by atoms with Crippen LogP contribution in [0.2, 0.25) is 0 Å². The summed E-state index contributed by atoms with van der Waals surface area (Å²) >= 11 is 0. The third-order valence-corrected chi connectivity index (χ3v) is 7.63. The molecule has 2 N–H and O–H groups in total.